The standard InChI is InChI=1S/C20H18F3N5O.2C2HF3O2/c1-12-6-5-9-17(26-12)28-18-10-16(14(11-25-18)20(21,22)23)27-15-8-4-3-7-13(15)19(29)24-2;2*3-2(4,5)1(6)7/h3-11H,1-2H3,(H,24,29)(H2,25,26,27,28);2*(H,6,7). The molecule has 0 unspecified atom stereocenters. The van der Waals surface area contributed by atoms with E-state index in [1.807, 2.05) is 0 Å². The molecule has 0 aliphatic heterocycles. The molecule has 43 heavy (non-hydrogen) atoms. The summed E-state index contributed by atoms with van der Waals surface area (Å²) < 4.78 is 104. The summed E-state index contributed by atoms with van der Waals surface area (Å²) in [7, 11) is 1.45. The first-order valence-electron chi connectivity index (χ1n) is 11.1. The molecule has 1 amide bonds. The molecule has 5 N–H and O–H groups in total. The Balaban J connectivity index is 0.000000548. The molecule has 1 aromatic carbocycles. The van der Waals surface area contributed by atoms with Crippen LogP contribution in [-0.4, -0.2) is 57.4 Å². The van der Waals surface area contributed by atoms with E-state index in [-0.39, 0.29) is 22.8 Å². The molecule has 0 aliphatic rings. The van der Waals surface area contributed by atoms with Gasteiger partial charge in [0, 0.05) is 25.0 Å². The molecule has 0 bridgehead atoms. The number of pyridine rings is 2. The number of nitrogens with one attached hydrogen (secondary N) is 3. The SMILES string of the molecule is CNC(=O)c1ccccc1Nc1cc(Nc2cccc(C)n2)ncc1C(F)(F)F.O=C(O)C(F)(F)F.O=C(O)C(F)(F)F. The molecule has 0 spiro atoms. The summed E-state index contributed by atoms with van der Waals surface area (Å²) in [6.07, 6.45) is -14.1. The Labute approximate surface area is 235 Å². The van der Waals surface area contributed by atoms with Gasteiger partial charge in [-0.05, 0) is 31.2 Å². The van der Waals surface area contributed by atoms with Gasteiger partial charge in [-0.25, -0.2) is 19.6 Å². The van der Waals surface area contributed by atoms with Gasteiger partial charge in [0.25, 0.3) is 5.91 Å². The van der Waals surface area contributed by atoms with E-state index < -0.39 is 41.9 Å². The number of nitrogens with zero attached hydrogens (tertiary/aromatic N) is 2. The Kier molecular flexibility index (Phi) is 12.3. The molecular formula is C24H20F9N5O5. The maximum absolute atomic E-state index is 13.5. The third-order valence-electron chi connectivity index (χ3n) is 4.51. The van der Waals surface area contributed by atoms with Gasteiger partial charge in [0.05, 0.1) is 22.5 Å². The molecule has 0 saturated heterocycles. The number of carboxylic acid groups (broad SMARTS) is 2. The van der Waals surface area contributed by atoms with Crippen LogP contribution in [0.4, 0.5) is 62.5 Å². The molecule has 0 radical (unpaired) electrons. The van der Waals surface area contributed by atoms with Crippen LogP contribution in [0.25, 0.3) is 0 Å². The van der Waals surface area contributed by atoms with Crippen LogP contribution in [0.5, 0.6) is 0 Å². The summed E-state index contributed by atoms with van der Waals surface area (Å²) in [4.78, 5) is 37.9. The van der Waals surface area contributed by atoms with Crippen LogP contribution >= 0.6 is 0 Å². The minimum Gasteiger partial charge on any atom is -0.475 e. The van der Waals surface area contributed by atoms with Crippen molar-refractivity contribution in [1.29, 1.82) is 0 Å². The summed E-state index contributed by atoms with van der Waals surface area (Å²) >= 11 is 0. The maximum Gasteiger partial charge on any atom is 0.490 e. The third kappa shape index (κ3) is 12.1. The highest BCUT2D eigenvalue weighted by Gasteiger charge is 2.39. The second kappa shape index (κ2) is 14.7. The van der Waals surface area contributed by atoms with Crippen molar-refractivity contribution < 1.29 is 64.1 Å². The van der Waals surface area contributed by atoms with Gasteiger partial charge >= 0.3 is 30.5 Å². The molecule has 234 valence electrons. The lowest BCUT2D eigenvalue weighted by Crippen LogP contribution is -2.21. The highest BCUT2D eigenvalue weighted by atomic mass is 19.4. The first-order chi connectivity index (χ1) is 19.7. The Morgan fingerprint density at radius 2 is 1.28 bits per heavy atom. The normalized spacial score (nSPS) is 11.1. The molecule has 19 heteroatoms. The number of carbonyl (C=O) groups excluding carboxylic acids is 1. The smallest absolute Gasteiger partial charge is 0.475 e. The number of para-hydroxylation sites is 1. The summed E-state index contributed by atoms with van der Waals surface area (Å²) in [6, 6.07) is 12.8. The van der Waals surface area contributed by atoms with Crippen molar-refractivity contribution in [1.82, 2.24) is 15.3 Å². The number of benzene rings is 1. The minimum absolute atomic E-state index is 0.177. The number of aromatic nitrogens is 2. The zero-order chi connectivity index (χ0) is 33.2. The maximum atomic E-state index is 13.5. The highest BCUT2D eigenvalue weighted by Crippen LogP contribution is 2.37. The summed E-state index contributed by atoms with van der Waals surface area (Å²) in [5, 5.41) is 22.3. The average Bonchev–Trinajstić information content (AvgIpc) is 2.87. The Morgan fingerprint density at radius 3 is 1.74 bits per heavy atom. The van der Waals surface area contributed by atoms with Crippen molar-refractivity contribution in [3.8, 4) is 0 Å². The molecule has 0 aliphatic carbocycles. The minimum atomic E-state index is -5.08. The van der Waals surface area contributed by atoms with Crippen LogP contribution in [0.2, 0.25) is 0 Å². The quantitative estimate of drug-likeness (QED) is 0.217. The van der Waals surface area contributed by atoms with Crippen molar-refractivity contribution in [2.24, 2.45) is 0 Å². The van der Waals surface area contributed by atoms with Crippen LogP contribution < -0.4 is 16.0 Å². The number of carbonyl (C=O) groups is 3. The molecule has 3 aromatic rings. The Bertz CT molecular complexity index is 1400. The van der Waals surface area contributed by atoms with Crippen LogP contribution in [0.1, 0.15) is 21.6 Å². The summed E-state index contributed by atoms with van der Waals surface area (Å²) in [6.45, 7) is 1.80. The highest BCUT2D eigenvalue weighted by molar-refractivity contribution is 6.00. The topological polar surface area (TPSA) is 154 Å². The zero-order valence-electron chi connectivity index (χ0n) is 21.6. The van der Waals surface area contributed by atoms with E-state index in [1.165, 1.54) is 25.2 Å². The lowest BCUT2D eigenvalue weighted by atomic mass is 10.1. The van der Waals surface area contributed by atoms with E-state index in [9.17, 15) is 44.3 Å². The summed E-state index contributed by atoms with van der Waals surface area (Å²) in [5.74, 6) is -5.30. The molecule has 0 saturated carbocycles. The van der Waals surface area contributed by atoms with E-state index in [0.29, 0.717) is 5.82 Å². The van der Waals surface area contributed by atoms with Crippen LogP contribution in [0.3, 0.4) is 0 Å². The van der Waals surface area contributed by atoms with Crippen molar-refractivity contribution in [2.75, 3.05) is 17.7 Å². The second-order valence-electron chi connectivity index (χ2n) is 7.76. The van der Waals surface area contributed by atoms with Crippen LogP contribution in [0.15, 0.2) is 54.7 Å². The van der Waals surface area contributed by atoms with Crippen molar-refractivity contribution in [3.63, 3.8) is 0 Å². The Hall–Kier alpha value is -5.10. The fourth-order valence-electron chi connectivity index (χ4n) is 2.67. The fraction of sp³-hybridized carbons (Fsp3) is 0.208. The predicted molar refractivity (Wildman–Crippen MR) is 132 cm³/mol. The van der Waals surface area contributed by atoms with Crippen LogP contribution in [-0.2, 0) is 15.8 Å². The third-order valence-corrected chi connectivity index (χ3v) is 4.51. The molecule has 0 fully saturated rings. The van der Waals surface area contributed by atoms with Gasteiger partial charge in [-0.3, -0.25) is 4.79 Å². The van der Waals surface area contributed by atoms with Crippen molar-refractivity contribution in [3.05, 3.63) is 71.5 Å². The van der Waals surface area contributed by atoms with Gasteiger partial charge < -0.3 is 26.2 Å². The number of amides is 1. The molecule has 3 rings (SSSR count). The number of halogens is 9. The number of aliphatic carboxylic acids is 2. The van der Waals surface area contributed by atoms with Crippen molar-refractivity contribution >= 4 is 40.9 Å². The second-order valence-corrected chi connectivity index (χ2v) is 7.76. The number of aryl methyl sites for hydroxylation is 1. The largest absolute Gasteiger partial charge is 0.490 e. The number of rotatable bonds is 5. The van der Waals surface area contributed by atoms with E-state index in [4.69, 9.17) is 19.8 Å². The number of hydrogen-bond acceptors (Lipinski definition) is 7. The predicted octanol–water partition coefficient (Wildman–Crippen LogP) is 5.92. The monoisotopic (exact) mass is 629 g/mol. The fourth-order valence-corrected chi connectivity index (χ4v) is 2.67. The van der Waals surface area contributed by atoms with Crippen molar-refractivity contribution in [2.45, 2.75) is 25.5 Å². The number of carboxylic acids is 2. The molecule has 2 heterocycles. The molecular weight excluding hydrogens is 609 g/mol. The van der Waals surface area contributed by atoms with E-state index in [1.54, 1.807) is 37.3 Å². The van der Waals surface area contributed by atoms with Gasteiger partial charge in [0.15, 0.2) is 0 Å². The number of alkyl halides is 9. The lowest BCUT2D eigenvalue weighted by molar-refractivity contribution is -0.193. The summed E-state index contributed by atoms with van der Waals surface area (Å²) in [5.41, 5.74) is 0.0173. The van der Waals surface area contributed by atoms with Gasteiger partial charge in [0.1, 0.15) is 11.6 Å². The zero-order valence-corrected chi connectivity index (χ0v) is 21.6. The van der Waals surface area contributed by atoms with Gasteiger partial charge in [-0.2, -0.15) is 39.5 Å². The van der Waals surface area contributed by atoms with Gasteiger partial charge in [-0.1, -0.05) is 18.2 Å². The molecule has 10 nitrogen and oxygen atoms in total. The first kappa shape index (κ1) is 35.9. The van der Waals surface area contributed by atoms with Gasteiger partial charge in [0.2, 0.25) is 0 Å². The van der Waals surface area contributed by atoms with E-state index >= 15 is 0 Å². The van der Waals surface area contributed by atoms with Gasteiger partial charge in [-0.15, -0.1) is 0 Å². The van der Waals surface area contributed by atoms with Crippen LogP contribution in [0, 0.1) is 6.92 Å². The number of anilines is 4. The molecule has 2 aromatic heterocycles. The number of hydrogen-bond donors (Lipinski definition) is 5. The average molecular weight is 629 g/mol. The molecule has 0 atom stereocenters. The Morgan fingerprint density at radius 1 is 0.744 bits per heavy atom. The lowest BCUT2D eigenvalue weighted by Gasteiger charge is -2.17. The van der Waals surface area contributed by atoms with E-state index in [0.717, 1.165) is 11.9 Å². The van der Waals surface area contributed by atoms with E-state index in [2.05, 4.69) is 25.9 Å². The first-order valence-corrected chi connectivity index (χ1v) is 11.1.